The molecule has 0 aromatic heterocycles. The highest BCUT2D eigenvalue weighted by Crippen LogP contribution is 2.44. The van der Waals surface area contributed by atoms with Crippen LogP contribution in [0.3, 0.4) is 0 Å². The molecule has 6 nitrogen and oxygen atoms in total. The van der Waals surface area contributed by atoms with Crippen LogP contribution in [0.1, 0.15) is 24.5 Å². The summed E-state index contributed by atoms with van der Waals surface area (Å²) in [6.07, 6.45) is 0.843. The van der Waals surface area contributed by atoms with Gasteiger partial charge in [0.2, 0.25) is 15.9 Å². The highest BCUT2D eigenvalue weighted by atomic mass is 32.2. The van der Waals surface area contributed by atoms with Gasteiger partial charge >= 0.3 is 0 Å². The molecular weight excluding hydrogens is 374 g/mol. The normalized spacial score (nSPS) is 21.2. The summed E-state index contributed by atoms with van der Waals surface area (Å²) in [5.74, 6) is 0.0664. The maximum Gasteiger partial charge on any atom is 0.243 e. The van der Waals surface area contributed by atoms with Crippen molar-refractivity contribution in [2.45, 2.75) is 30.2 Å². The number of sulfonamides is 1. The van der Waals surface area contributed by atoms with E-state index in [1.54, 1.807) is 26.1 Å². The van der Waals surface area contributed by atoms with Crippen LogP contribution in [0.25, 0.3) is 0 Å². The van der Waals surface area contributed by atoms with Crippen LogP contribution in [0.5, 0.6) is 0 Å². The van der Waals surface area contributed by atoms with Crippen molar-refractivity contribution in [1.29, 1.82) is 0 Å². The fourth-order valence-corrected chi connectivity index (χ4v) is 5.43. The van der Waals surface area contributed by atoms with Crippen molar-refractivity contribution < 1.29 is 13.2 Å². The van der Waals surface area contributed by atoms with Gasteiger partial charge in [-0.05, 0) is 35.7 Å². The van der Waals surface area contributed by atoms with E-state index in [0.29, 0.717) is 24.5 Å². The molecule has 1 N–H and O–H groups in total. The molecule has 1 saturated heterocycles. The lowest BCUT2D eigenvalue weighted by Crippen LogP contribution is -2.35. The van der Waals surface area contributed by atoms with Crippen molar-refractivity contribution in [2.75, 3.05) is 32.0 Å². The second-order valence-corrected chi connectivity index (χ2v) is 9.82. The summed E-state index contributed by atoms with van der Waals surface area (Å²) in [6.45, 7) is 3.98. The number of hydrogen-bond donors (Lipinski definition) is 1. The van der Waals surface area contributed by atoms with Gasteiger partial charge in [-0.3, -0.25) is 4.79 Å². The van der Waals surface area contributed by atoms with Crippen molar-refractivity contribution in [3.8, 4) is 0 Å². The predicted molar refractivity (Wildman–Crippen MR) is 109 cm³/mol. The molecule has 0 saturated carbocycles. The van der Waals surface area contributed by atoms with Crippen molar-refractivity contribution in [2.24, 2.45) is 0 Å². The molecule has 148 valence electrons. The summed E-state index contributed by atoms with van der Waals surface area (Å²) >= 11 is 0. The predicted octanol–water partition coefficient (Wildman–Crippen LogP) is 2.42. The van der Waals surface area contributed by atoms with Crippen LogP contribution in [-0.4, -0.2) is 50.2 Å². The number of amides is 1. The average Bonchev–Trinajstić information content (AvgIpc) is 3.28. The molecule has 28 heavy (non-hydrogen) atoms. The molecule has 2 aliphatic heterocycles. The van der Waals surface area contributed by atoms with E-state index in [-0.39, 0.29) is 11.3 Å². The van der Waals surface area contributed by atoms with Gasteiger partial charge in [0.15, 0.2) is 0 Å². The number of benzene rings is 2. The Bertz CT molecular complexity index is 1010. The smallest absolute Gasteiger partial charge is 0.243 e. The molecule has 0 aliphatic carbocycles. The Hall–Kier alpha value is -2.38. The summed E-state index contributed by atoms with van der Waals surface area (Å²) < 4.78 is 27.7. The van der Waals surface area contributed by atoms with Crippen LogP contribution >= 0.6 is 0 Å². The molecule has 2 aromatic carbocycles. The number of carbonyl (C=O) groups is 1. The molecule has 1 spiro atoms. The molecule has 0 bridgehead atoms. The maximum absolute atomic E-state index is 13.2. The second kappa shape index (κ2) is 6.90. The highest BCUT2D eigenvalue weighted by molar-refractivity contribution is 7.89. The fraction of sp³-hybridized carbons (Fsp3) is 0.381. The number of anilines is 1. The highest BCUT2D eigenvalue weighted by Gasteiger charge is 2.45. The number of nitrogens with one attached hydrogen (secondary N) is 1. The Morgan fingerprint density at radius 3 is 2.64 bits per heavy atom. The van der Waals surface area contributed by atoms with E-state index in [4.69, 9.17) is 0 Å². The van der Waals surface area contributed by atoms with Crippen LogP contribution in [0.4, 0.5) is 5.69 Å². The second-order valence-electron chi connectivity index (χ2n) is 7.78. The van der Waals surface area contributed by atoms with E-state index in [0.717, 1.165) is 29.8 Å². The van der Waals surface area contributed by atoms with E-state index in [1.165, 1.54) is 4.31 Å². The fourth-order valence-electron chi connectivity index (χ4n) is 4.25. The average molecular weight is 400 g/mol. The zero-order valence-electron chi connectivity index (χ0n) is 16.2. The first-order valence-electron chi connectivity index (χ1n) is 9.46. The standard InChI is InChI=1S/C21H25N3O3S/c1-16(25)24-11-10-21(15-24)14-22-20-9-8-18(12-19(20)21)28(26,27)23(2)13-17-6-4-3-5-7-17/h3-9,12,22H,10-11,13-15H2,1-2H3. The molecule has 1 atom stereocenters. The number of fused-ring (bicyclic) bond motifs is 2. The molecule has 1 amide bonds. The largest absolute Gasteiger partial charge is 0.384 e. The Morgan fingerprint density at radius 2 is 1.96 bits per heavy atom. The Kier molecular flexibility index (Phi) is 4.67. The molecule has 0 radical (unpaired) electrons. The zero-order valence-corrected chi connectivity index (χ0v) is 17.0. The van der Waals surface area contributed by atoms with Crippen molar-refractivity contribution in [3.63, 3.8) is 0 Å². The molecule has 7 heteroatoms. The molecule has 4 rings (SSSR count). The summed E-state index contributed by atoms with van der Waals surface area (Å²) in [5.41, 5.74) is 2.71. The minimum atomic E-state index is -3.61. The third kappa shape index (κ3) is 3.18. The Balaban J connectivity index is 1.63. The molecule has 2 heterocycles. The van der Waals surface area contributed by atoms with Crippen LogP contribution < -0.4 is 5.32 Å². The third-order valence-corrected chi connectivity index (χ3v) is 7.73. The van der Waals surface area contributed by atoms with Crippen molar-refractivity contribution >= 4 is 21.6 Å². The number of likely N-dealkylation sites (tertiary alicyclic amines) is 1. The van der Waals surface area contributed by atoms with Gasteiger partial charge < -0.3 is 10.2 Å². The first-order valence-corrected chi connectivity index (χ1v) is 10.9. The van der Waals surface area contributed by atoms with Gasteiger partial charge in [-0.15, -0.1) is 0 Å². The number of hydrogen-bond acceptors (Lipinski definition) is 4. The molecular formula is C21H25N3O3S. The van der Waals surface area contributed by atoms with Crippen molar-refractivity contribution in [3.05, 3.63) is 59.7 Å². The van der Waals surface area contributed by atoms with E-state index < -0.39 is 10.0 Å². The number of carbonyl (C=O) groups excluding carboxylic acids is 1. The van der Waals surface area contributed by atoms with E-state index >= 15 is 0 Å². The first kappa shape index (κ1) is 19.0. The summed E-state index contributed by atoms with van der Waals surface area (Å²) in [4.78, 5) is 13.9. The van der Waals surface area contributed by atoms with Gasteiger partial charge in [0, 0.05) is 51.3 Å². The molecule has 1 fully saturated rings. The minimum Gasteiger partial charge on any atom is -0.384 e. The quantitative estimate of drug-likeness (QED) is 0.857. The number of rotatable bonds is 4. The lowest BCUT2D eigenvalue weighted by molar-refractivity contribution is -0.127. The zero-order chi connectivity index (χ0) is 19.9. The van der Waals surface area contributed by atoms with Crippen molar-refractivity contribution in [1.82, 2.24) is 9.21 Å². The Labute approximate surface area is 166 Å². The van der Waals surface area contributed by atoms with Gasteiger partial charge in [-0.2, -0.15) is 4.31 Å². The van der Waals surface area contributed by atoms with E-state index in [1.807, 2.05) is 41.3 Å². The van der Waals surface area contributed by atoms with E-state index in [2.05, 4.69) is 5.32 Å². The topological polar surface area (TPSA) is 69.7 Å². The van der Waals surface area contributed by atoms with Gasteiger partial charge in [-0.25, -0.2) is 8.42 Å². The van der Waals surface area contributed by atoms with Gasteiger partial charge in [0.05, 0.1) is 4.90 Å². The monoisotopic (exact) mass is 399 g/mol. The minimum absolute atomic E-state index is 0.0664. The number of nitrogens with zero attached hydrogens (tertiary/aromatic N) is 2. The molecule has 2 aromatic rings. The maximum atomic E-state index is 13.2. The lowest BCUT2D eigenvalue weighted by Gasteiger charge is -2.24. The van der Waals surface area contributed by atoms with Crippen LogP contribution in [0.15, 0.2) is 53.4 Å². The van der Waals surface area contributed by atoms with Gasteiger partial charge in [-0.1, -0.05) is 30.3 Å². The summed E-state index contributed by atoms with van der Waals surface area (Å²) in [5, 5.41) is 3.39. The van der Waals surface area contributed by atoms with E-state index in [9.17, 15) is 13.2 Å². The van der Waals surface area contributed by atoms with Gasteiger partial charge in [0.25, 0.3) is 0 Å². The van der Waals surface area contributed by atoms with Crippen LogP contribution in [0.2, 0.25) is 0 Å². The van der Waals surface area contributed by atoms with Crippen LogP contribution in [-0.2, 0) is 26.8 Å². The first-order chi connectivity index (χ1) is 13.3. The third-order valence-electron chi connectivity index (χ3n) is 5.93. The summed E-state index contributed by atoms with van der Waals surface area (Å²) in [6, 6.07) is 14.9. The van der Waals surface area contributed by atoms with Crippen LogP contribution in [0, 0.1) is 0 Å². The SMILES string of the molecule is CC(=O)N1CCC2(CNc3ccc(S(=O)(=O)N(C)Cc4ccccc4)cc32)C1. The lowest BCUT2D eigenvalue weighted by atomic mass is 9.82. The summed E-state index contributed by atoms with van der Waals surface area (Å²) in [7, 11) is -2.00. The Morgan fingerprint density at radius 1 is 1.21 bits per heavy atom. The molecule has 2 aliphatic rings. The molecule has 1 unspecified atom stereocenters. The van der Waals surface area contributed by atoms with Gasteiger partial charge in [0.1, 0.15) is 0 Å².